The fourth-order valence-electron chi connectivity index (χ4n) is 2.64. The van der Waals surface area contributed by atoms with Gasteiger partial charge in [-0.2, -0.15) is 10.4 Å². The van der Waals surface area contributed by atoms with Gasteiger partial charge >= 0.3 is 0 Å². The summed E-state index contributed by atoms with van der Waals surface area (Å²) in [6, 6.07) is 1.93. The van der Waals surface area contributed by atoms with Crippen LogP contribution in [0.1, 0.15) is 12.6 Å². The summed E-state index contributed by atoms with van der Waals surface area (Å²) in [4.78, 5) is 7.87. The number of hydrogen-bond donors (Lipinski definition) is 3. The summed E-state index contributed by atoms with van der Waals surface area (Å²) in [6.07, 6.45) is -1.11. The summed E-state index contributed by atoms with van der Waals surface area (Å²) in [5.74, 6) is 0.123. The zero-order valence-corrected chi connectivity index (χ0v) is 12.3. The van der Waals surface area contributed by atoms with E-state index in [-0.39, 0.29) is 23.8 Å². The molecular weight excluding hydrogens is 304 g/mol. The molecule has 1 saturated heterocycles. The van der Waals surface area contributed by atoms with Crippen molar-refractivity contribution in [2.75, 3.05) is 18.9 Å². The molecule has 0 bridgehead atoms. The standard InChI is InChI=1S/C13H16N6O4/c1-2-22-4-7-9(20)10(21)13(5-14,23-7)8-3-16-12-11(15)17-6-18-19(8)12/h3,6-7,9-10,20-21H,2,4H2,1H3,(H2,15,17,18)/t7-,9-,10-,13+/m1/s1. The molecule has 1 aliphatic heterocycles. The Kier molecular flexibility index (Phi) is 3.87. The molecule has 0 aromatic carbocycles. The third kappa shape index (κ3) is 2.22. The Morgan fingerprint density at radius 3 is 3.00 bits per heavy atom. The van der Waals surface area contributed by atoms with Crippen molar-refractivity contribution in [3.63, 3.8) is 0 Å². The van der Waals surface area contributed by atoms with Crippen LogP contribution in [0, 0.1) is 11.3 Å². The van der Waals surface area contributed by atoms with E-state index in [2.05, 4.69) is 15.1 Å². The van der Waals surface area contributed by atoms with Gasteiger partial charge in [-0.05, 0) is 6.92 Å². The molecule has 0 amide bonds. The molecule has 3 heterocycles. The molecule has 122 valence electrons. The Hall–Kier alpha value is -2.32. The second-order valence-electron chi connectivity index (χ2n) is 5.12. The number of ether oxygens (including phenoxy) is 2. The lowest BCUT2D eigenvalue weighted by Gasteiger charge is -2.23. The summed E-state index contributed by atoms with van der Waals surface area (Å²) in [5, 5.41) is 34.2. The van der Waals surface area contributed by atoms with Crippen LogP contribution in [0.25, 0.3) is 5.65 Å². The van der Waals surface area contributed by atoms with Crippen LogP contribution in [-0.4, -0.2) is 61.3 Å². The number of nitrogens with zero attached hydrogens (tertiary/aromatic N) is 5. The highest BCUT2D eigenvalue weighted by molar-refractivity contribution is 5.59. The molecule has 4 N–H and O–H groups in total. The number of nitriles is 1. The molecular formula is C13H16N6O4. The van der Waals surface area contributed by atoms with Crippen LogP contribution in [0.5, 0.6) is 0 Å². The smallest absolute Gasteiger partial charge is 0.227 e. The molecule has 0 saturated carbocycles. The zero-order chi connectivity index (χ0) is 16.6. The number of nitrogen functional groups attached to an aromatic ring is 1. The van der Waals surface area contributed by atoms with E-state index >= 15 is 0 Å². The zero-order valence-electron chi connectivity index (χ0n) is 12.3. The van der Waals surface area contributed by atoms with Crippen molar-refractivity contribution in [1.29, 1.82) is 5.26 Å². The molecule has 0 aliphatic carbocycles. The lowest BCUT2D eigenvalue weighted by Crippen LogP contribution is -2.41. The molecule has 0 radical (unpaired) electrons. The highest BCUT2D eigenvalue weighted by Gasteiger charge is 2.57. The summed E-state index contributed by atoms with van der Waals surface area (Å²) in [6.45, 7) is 2.26. The number of aromatic nitrogens is 4. The van der Waals surface area contributed by atoms with E-state index in [1.807, 2.05) is 6.07 Å². The second kappa shape index (κ2) is 5.71. The molecule has 2 aromatic rings. The van der Waals surface area contributed by atoms with E-state index in [9.17, 15) is 15.5 Å². The maximum absolute atomic E-state index is 10.4. The Bertz CT molecular complexity index is 758. The number of hydrogen-bond acceptors (Lipinski definition) is 9. The van der Waals surface area contributed by atoms with E-state index < -0.39 is 23.9 Å². The van der Waals surface area contributed by atoms with Gasteiger partial charge in [0.1, 0.15) is 36.4 Å². The SMILES string of the molecule is CCOC[C@H]1O[C@@](C#N)(c2cnc3c(N)ncnn23)[C@H](O)[C@@H]1O. The Balaban J connectivity index is 2.07. The summed E-state index contributed by atoms with van der Waals surface area (Å²) >= 11 is 0. The van der Waals surface area contributed by atoms with Crippen molar-refractivity contribution in [2.45, 2.75) is 30.8 Å². The van der Waals surface area contributed by atoms with Gasteiger partial charge in [0.05, 0.1) is 12.8 Å². The largest absolute Gasteiger partial charge is 0.387 e. The van der Waals surface area contributed by atoms with Crippen LogP contribution in [0.3, 0.4) is 0 Å². The van der Waals surface area contributed by atoms with Crippen LogP contribution in [0.4, 0.5) is 5.82 Å². The molecule has 0 spiro atoms. The van der Waals surface area contributed by atoms with Crippen molar-refractivity contribution >= 4 is 11.5 Å². The van der Waals surface area contributed by atoms with Gasteiger partial charge in [0.15, 0.2) is 11.5 Å². The van der Waals surface area contributed by atoms with Gasteiger partial charge in [-0.15, -0.1) is 0 Å². The maximum Gasteiger partial charge on any atom is 0.227 e. The topological polar surface area (TPSA) is 152 Å². The van der Waals surface area contributed by atoms with E-state index in [0.29, 0.717) is 6.61 Å². The van der Waals surface area contributed by atoms with E-state index in [1.54, 1.807) is 6.92 Å². The molecule has 0 unspecified atom stereocenters. The molecule has 1 aliphatic rings. The normalized spacial score (nSPS) is 30.6. The number of aliphatic hydroxyl groups is 2. The van der Waals surface area contributed by atoms with Crippen molar-refractivity contribution in [3.05, 3.63) is 18.2 Å². The van der Waals surface area contributed by atoms with Gasteiger partial charge in [0, 0.05) is 6.61 Å². The maximum atomic E-state index is 10.4. The lowest BCUT2D eigenvalue weighted by molar-refractivity contribution is -0.0748. The first kappa shape index (κ1) is 15.6. The Morgan fingerprint density at radius 2 is 2.30 bits per heavy atom. The first-order chi connectivity index (χ1) is 11.0. The number of anilines is 1. The number of fused-ring (bicyclic) bond motifs is 1. The van der Waals surface area contributed by atoms with E-state index in [4.69, 9.17) is 15.2 Å². The van der Waals surface area contributed by atoms with Gasteiger partial charge in [-0.25, -0.2) is 14.5 Å². The molecule has 2 aromatic heterocycles. The monoisotopic (exact) mass is 320 g/mol. The van der Waals surface area contributed by atoms with Gasteiger partial charge in [-0.1, -0.05) is 0 Å². The molecule has 10 nitrogen and oxygen atoms in total. The summed E-state index contributed by atoms with van der Waals surface area (Å²) in [5.41, 5.74) is 4.28. The summed E-state index contributed by atoms with van der Waals surface area (Å²) in [7, 11) is 0. The van der Waals surface area contributed by atoms with Crippen molar-refractivity contribution in [2.24, 2.45) is 0 Å². The van der Waals surface area contributed by atoms with Gasteiger partial charge in [-0.3, -0.25) is 0 Å². The van der Waals surface area contributed by atoms with Crippen molar-refractivity contribution < 1.29 is 19.7 Å². The van der Waals surface area contributed by atoms with Crippen LogP contribution >= 0.6 is 0 Å². The number of nitrogens with two attached hydrogens (primary N) is 1. The molecule has 4 atom stereocenters. The lowest BCUT2D eigenvalue weighted by atomic mass is 9.93. The average Bonchev–Trinajstić information content (AvgIpc) is 3.09. The van der Waals surface area contributed by atoms with Crippen molar-refractivity contribution in [1.82, 2.24) is 19.6 Å². The molecule has 23 heavy (non-hydrogen) atoms. The highest BCUT2D eigenvalue weighted by Crippen LogP contribution is 2.39. The van der Waals surface area contributed by atoms with Gasteiger partial charge < -0.3 is 25.4 Å². The first-order valence-corrected chi connectivity index (χ1v) is 7.02. The minimum Gasteiger partial charge on any atom is -0.387 e. The fourth-order valence-corrected chi connectivity index (χ4v) is 2.64. The molecule has 10 heteroatoms. The van der Waals surface area contributed by atoms with Crippen molar-refractivity contribution in [3.8, 4) is 6.07 Å². The predicted octanol–water partition coefficient (Wildman–Crippen LogP) is -1.42. The minimum atomic E-state index is -1.83. The van der Waals surface area contributed by atoms with E-state index in [0.717, 1.165) is 0 Å². The predicted molar refractivity (Wildman–Crippen MR) is 75.9 cm³/mol. The third-order valence-corrected chi connectivity index (χ3v) is 3.82. The highest BCUT2D eigenvalue weighted by atomic mass is 16.6. The third-order valence-electron chi connectivity index (χ3n) is 3.82. The van der Waals surface area contributed by atoms with Gasteiger partial charge in [0.2, 0.25) is 5.60 Å². The van der Waals surface area contributed by atoms with Crippen LogP contribution in [0.15, 0.2) is 12.5 Å². The number of rotatable bonds is 4. The summed E-state index contributed by atoms with van der Waals surface area (Å²) < 4.78 is 12.2. The Labute approximate surface area is 131 Å². The molecule has 3 rings (SSSR count). The van der Waals surface area contributed by atoms with Crippen LogP contribution in [-0.2, 0) is 15.1 Å². The average molecular weight is 320 g/mol. The number of aliphatic hydroxyl groups excluding tert-OH is 2. The van der Waals surface area contributed by atoms with Crippen LogP contribution in [0.2, 0.25) is 0 Å². The van der Waals surface area contributed by atoms with Crippen LogP contribution < -0.4 is 5.73 Å². The second-order valence-corrected chi connectivity index (χ2v) is 5.12. The minimum absolute atomic E-state index is 0.0476. The first-order valence-electron chi connectivity index (χ1n) is 7.02. The Morgan fingerprint density at radius 1 is 1.52 bits per heavy atom. The molecule has 1 fully saturated rings. The van der Waals surface area contributed by atoms with E-state index in [1.165, 1.54) is 17.0 Å². The fraction of sp³-hybridized carbons (Fsp3) is 0.538. The quantitative estimate of drug-likeness (QED) is 0.616. The number of imidazole rings is 1. The van der Waals surface area contributed by atoms with Gasteiger partial charge in [0.25, 0.3) is 0 Å².